The second-order valence-electron chi connectivity index (χ2n) is 5.39. The van der Waals surface area contributed by atoms with Crippen LogP contribution in [0.3, 0.4) is 0 Å². The van der Waals surface area contributed by atoms with Gasteiger partial charge in [-0.25, -0.2) is 0 Å². The van der Waals surface area contributed by atoms with Crippen LogP contribution in [0.4, 0.5) is 0 Å². The minimum atomic E-state index is -0.0829. The van der Waals surface area contributed by atoms with Crippen molar-refractivity contribution in [1.82, 2.24) is 10.6 Å². The van der Waals surface area contributed by atoms with Gasteiger partial charge in [0.25, 0.3) is 0 Å². The molecule has 6 nitrogen and oxygen atoms in total. The SMILES string of the molecule is O=C1CCC(C(=O)NCCCOCC2CCCO2)CN1. The zero-order valence-electron chi connectivity index (χ0n) is 11.9. The van der Waals surface area contributed by atoms with Gasteiger partial charge in [-0.2, -0.15) is 0 Å². The quantitative estimate of drug-likeness (QED) is 0.655. The summed E-state index contributed by atoms with van der Waals surface area (Å²) >= 11 is 0. The lowest BCUT2D eigenvalue weighted by Crippen LogP contribution is -2.43. The van der Waals surface area contributed by atoms with Gasteiger partial charge in [0.1, 0.15) is 0 Å². The molecule has 2 rings (SSSR count). The van der Waals surface area contributed by atoms with Crippen molar-refractivity contribution >= 4 is 11.8 Å². The fourth-order valence-corrected chi connectivity index (χ4v) is 2.48. The third kappa shape index (κ3) is 5.09. The van der Waals surface area contributed by atoms with Crippen LogP contribution in [0.5, 0.6) is 0 Å². The molecule has 2 amide bonds. The number of ether oxygens (including phenoxy) is 2. The van der Waals surface area contributed by atoms with Gasteiger partial charge in [0.2, 0.25) is 11.8 Å². The van der Waals surface area contributed by atoms with Gasteiger partial charge in [-0.05, 0) is 25.7 Å². The summed E-state index contributed by atoms with van der Waals surface area (Å²) in [7, 11) is 0. The summed E-state index contributed by atoms with van der Waals surface area (Å²) in [6, 6.07) is 0. The number of hydrogen-bond acceptors (Lipinski definition) is 4. The smallest absolute Gasteiger partial charge is 0.224 e. The Morgan fingerprint density at radius 2 is 2.35 bits per heavy atom. The summed E-state index contributed by atoms with van der Waals surface area (Å²) in [4.78, 5) is 22.8. The molecule has 0 aliphatic carbocycles. The summed E-state index contributed by atoms with van der Waals surface area (Å²) in [5.41, 5.74) is 0. The van der Waals surface area contributed by atoms with E-state index in [1.54, 1.807) is 0 Å². The summed E-state index contributed by atoms with van der Waals surface area (Å²) in [5, 5.41) is 5.61. The maximum absolute atomic E-state index is 11.8. The number of hydrogen-bond donors (Lipinski definition) is 2. The van der Waals surface area contributed by atoms with E-state index in [4.69, 9.17) is 9.47 Å². The van der Waals surface area contributed by atoms with Crippen molar-refractivity contribution < 1.29 is 19.1 Å². The van der Waals surface area contributed by atoms with E-state index in [0.29, 0.717) is 39.1 Å². The van der Waals surface area contributed by atoms with Gasteiger partial charge in [-0.15, -0.1) is 0 Å². The predicted octanol–water partition coefficient (Wildman–Crippen LogP) is 0.215. The minimum Gasteiger partial charge on any atom is -0.379 e. The van der Waals surface area contributed by atoms with Gasteiger partial charge in [0, 0.05) is 32.7 Å². The van der Waals surface area contributed by atoms with Crippen LogP contribution in [0.1, 0.15) is 32.1 Å². The number of rotatable bonds is 7. The lowest BCUT2D eigenvalue weighted by Gasteiger charge is -2.21. The first-order chi connectivity index (χ1) is 9.75. The van der Waals surface area contributed by atoms with Crippen molar-refractivity contribution in [1.29, 1.82) is 0 Å². The third-order valence-corrected chi connectivity index (χ3v) is 3.73. The van der Waals surface area contributed by atoms with Gasteiger partial charge in [0.05, 0.1) is 18.6 Å². The van der Waals surface area contributed by atoms with E-state index >= 15 is 0 Å². The predicted molar refractivity (Wildman–Crippen MR) is 73.2 cm³/mol. The van der Waals surface area contributed by atoms with E-state index < -0.39 is 0 Å². The molecule has 0 saturated carbocycles. The van der Waals surface area contributed by atoms with Crippen molar-refractivity contribution in [3.8, 4) is 0 Å². The molecule has 2 N–H and O–H groups in total. The molecule has 0 spiro atoms. The topological polar surface area (TPSA) is 76.7 Å². The molecule has 0 bridgehead atoms. The van der Waals surface area contributed by atoms with E-state index in [1.807, 2.05) is 0 Å². The van der Waals surface area contributed by atoms with Gasteiger partial charge in [-0.3, -0.25) is 9.59 Å². The van der Waals surface area contributed by atoms with E-state index in [2.05, 4.69) is 10.6 Å². The average Bonchev–Trinajstić information content (AvgIpc) is 2.96. The first-order valence-electron chi connectivity index (χ1n) is 7.49. The van der Waals surface area contributed by atoms with Crippen molar-refractivity contribution in [3.05, 3.63) is 0 Å². The first-order valence-corrected chi connectivity index (χ1v) is 7.49. The molecular weight excluding hydrogens is 260 g/mol. The van der Waals surface area contributed by atoms with Crippen molar-refractivity contribution in [3.63, 3.8) is 0 Å². The van der Waals surface area contributed by atoms with Crippen LogP contribution in [0.25, 0.3) is 0 Å². The van der Waals surface area contributed by atoms with Gasteiger partial charge >= 0.3 is 0 Å². The van der Waals surface area contributed by atoms with Crippen LogP contribution in [0.2, 0.25) is 0 Å². The fourth-order valence-electron chi connectivity index (χ4n) is 2.48. The third-order valence-electron chi connectivity index (χ3n) is 3.73. The molecule has 0 radical (unpaired) electrons. The van der Waals surface area contributed by atoms with Crippen LogP contribution in [0.15, 0.2) is 0 Å². The molecule has 0 aromatic carbocycles. The highest BCUT2D eigenvalue weighted by Crippen LogP contribution is 2.12. The zero-order chi connectivity index (χ0) is 14.2. The molecule has 2 heterocycles. The van der Waals surface area contributed by atoms with Crippen LogP contribution in [-0.2, 0) is 19.1 Å². The number of piperidine rings is 1. The second kappa shape index (κ2) is 8.21. The molecule has 0 aromatic heterocycles. The van der Waals surface area contributed by atoms with Gasteiger partial charge in [-0.1, -0.05) is 0 Å². The van der Waals surface area contributed by atoms with Crippen LogP contribution in [0, 0.1) is 5.92 Å². The highest BCUT2D eigenvalue weighted by molar-refractivity contribution is 5.83. The molecule has 20 heavy (non-hydrogen) atoms. The summed E-state index contributed by atoms with van der Waals surface area (Å²) < 4.78 is 11.0. The Morgan fingerprint density at radius 3 is 3.05 bits per heavy atom. The minimum absolute atomic E-state index is 0.0316. The van der Waals surface area contributed by atoms with Crippen molar-refractivity contribution in [2.24, 2.45) is 5.92 Å². The molecule has 6 heteroatoms. The van der Waals surface area contributed by atoms with Gasteiger partial charge < -0.3 is 20.1 Å². The molecule has 0 aromatic rings. The molecule has 114 valence electrons. The Kier molecular flexibility index (Phi) is 6.26. The molecule has 2 fully saturated rings. The summed E-state index contributed by atoms with van der Waals surface area (Å²) in [5.74, 6) is -0.0128. The van der Waals surface area contributed by atoms with Crippen LogP contribution in [-0.4, -0.2) is 50.8 Å². The van der Waals surface area contributed by atoms with Crippen LogP contribution < -0.4 is 10.6 Å². The van der Waals surface area contributed by atoms with E-state index in [9.17, 15) is 9.59 Å². The number of carbonyl (C=O) groups is 2. The summed E-state index contributed by atoms with van der Waals surface area (Å²) in [6.45, 7) is 3.22. The van der Waals surface area contributed by atoms with Crippen molar-refractivity contribution in [2.75, 3.05) is 32.9 Å². The molecule has 2 atom stereocenters. The Morgan fingerprint density at radius 1 is 1.45 bits per heavy atom. The monoisotopic (exact) mass is 284 g/mol. The highest BCUT2D eigenvalue weighted by atomic mass is 16.5. The normalized spacial score (nSPS) is 26.3. The standard InChI is InChI=1S/C14H24N2O4/c17-13-5-4-11(9-16-13)14(18)15-6-2-7-19-10-12-3-1-8-20-12/h11-12H,1-10H2,(H,15,18)(H,16,17). The molecule has 2 aliphatic rings. The number of carbonyl (C=O) groups excluding carboxylic acids is 2. The fraction of sp³-hybridized carbons (Fsp3) is 0.857. The maximum Gasteiger partial charge on any atom is 0.224 e. The first kappa shape index (κ1) is 15.3. The largest absolute Gasteiger partial charge is 0.379 e. The van der Waals surface area contributed by atoms with Gasteiger partial charge in [0.15, 0.2) is 0 Å². The number of nitrogens with one attached hydrogen (secondary N) is 2. The number of amides is 2. The molecular formula is C14H24N2O4. The molecule has 2 aliphatic heterocycles. The van der Waals surface area contributed by atoms with Crippen molar-refractivity contribution in [2.45, 2.75) is 38.2 Å². The molecule has 2 saturated heterocycles. The Labute approximate surface area is 119 Å². The zero-order valence-corrected chi connectivity index (χ0v) is 11.9. The maximum atomic E-state index is 11.8. The Hall–Kier alpha value is -1.14. The Balaban J connectivity index is 1.46. The Bertz CT molecular complexity index is 319. The second-order valence-corrected chi connectivity index (χ2v) is 5.39. The van der Waals surface area contributed by atoms with E-state index in [0.717, 1.165) is 25.9 Å². The van der Waals surface area contributed by atoms with Crippen LogP contribution >= 0.6 is 0 Å². The highest BCUT2D eigenvalue weighted by Gasteiger charge is 2.23. The lowest BCUT2D eigenvalue weighted by molar-refractivity contribution is -0.128. The van der Waals surface area contributed by atoms with E-state index in [1.165, 1.54) is 0 Å². The average molecular weight is 284 g/mol. The van der Waals surface area contributed by atoms with E-state index in [-0.39, 0.29) is 23.8 Å². The lowest BCUT2D eigenvalue weighted by atomic mass is 9.98. The molecule has 2 unspecified atom stereocenters. The summed E-state index contributed by atoms with van der Waals surface area (Å²) in [6.07, 6.45) is 4.37.